The van der Waals surface area contributed by atoms with Gasteiger partial charge in [0, 0.05) is 6.42 Å². The number of aromatic nitrogens is 4. The van der Waals surface area contributed by atoms with Crippen LogP contribution in [0.3, 0.4) is 0 Å². The molecule has 0 aliphatic heterocycles. The number of hydrogen-bond donors (Lipinski definition) is 1. The van der Waals surface area contributed by atoms with Crippen LogP contribution in [0.4, 0.5) is 4.79 Å². The van der Waals surface area contributed by atoms with E-state index >= 15 is 0 Å². The summed E-state index contributed by atoms with van der Waals surface area (Å²) < 4.78 is 4.26. The summed E-state index contributed by atoms with van der Waals surface area (Å²) in [5.74, 6) is 0.842. The largest absolute Gasteiger partial charge is 0.505 e. The van der Waals surface area contributed by atoms with Gasteiger partial charge in [-0.25, -0.2) is 4.79 Å². The van der Waals surface area contributed by atoms with Crippen molar-refractivity contribution in [2.24, 2.45) is 0 Å². The van der Waals surface area contributed by atoms with Crippen LogP contribution in [0.25, 0.3) is 0 Å². The molecule has 0 aromatic carbocycles. The third-order valence-electron chi connectivity index (χ3n) is 1.17. The minimum Gasteiger partial charge on any atom is -0.450 e. The Kier molecular flexibility index (Phi) is 3.07. The quantitative estimate of drug-likeness (QED) is 0.650. The number of aryl methyl sites for hydroxylation is 1. The van der Waals surface area contributed by atoms with Crippen molar-refractivity contribution in [1.29, 1.82) is 0 Å². The van der Waals surface area contributed by atoms with Crippen molar-refractivity contribution in [3.63, 3.8) is 0 Å². The van der Waals surface area contributed by atoms with E-state index in [1.165, 1.54) is 0 Å². The molecule has 0 saturated carbocycles. The van der Waals surface area contributed by atoms with Gasteiger partial charge in [-0.15, -0.1) is 20.4 Å². The Bertz CT molecular complexity index is 286. The summed E-state index contributed by atoms with van der Waals surface area (Å²) in [7, 11) is 0. The van der Waals surface area contributed by atoms with E-state index in [9.17, 15) is 4.79 Å². The highest BCUT2D eigenvalue weighted by molar-refractivity contribution is 5.56. The molecule has 0 spiro atoms. The van der Waals surface area contributed by atoms with Gasteiger partial charge in [0.1, 0.15) is 6.61 Å². The highest BCUT2D eigenvalue weighted by Gasteiger charge is 2.01. The molecule has 0 aliphatic carbocycles. The first kappa shape index (κ1) is 9.30. The molecule has 0 atom stereocenters. The Morgan fingerprint density at radius 3 is 2.54 bits per heavy atom. The topological polar surface area (TPSA) is 98.1 Å². The maximum absolute atomic E-state index is 9.95. The van der Waals surface area contributed by atoms with Crippen molar-refractivity contribution in [3.8, 4) is 0 Å². The van der Waals surface area contributed by atoms with E-state index < -0.39 is 6.16 Å². The lowest BCUT2D eigenvalue weighted by molar-refractivity contribution is 0.0921. The summed E-state index contributed by atoms with van der Waals surface area (Å²) in [4.78, 5) is 9.95. The monoisotopic (exact) mass is 184 g/mol. The van der Waals surface area contributed by atoms with Crippen molar-refractivity contribution < 1.29 is 14.6 Å². The van der Waals surface area contributed by atoms with Gasteiger partial charge in [0.2, 0.25) is 0 Å². The second kappa shape index (κ2) is 4.29. The number of nitrogens with zero attached hydrogens (tertiary/aromatic N) is 4. The molecule has 0 bridgehead atoms. The maximum Gasteiger partial charge on any atom is 0.505 e. The Morgan fingerprint density at radius 2 is 2.00 bits per heavy atom. The van der Waals surface area contributed by atoms with E-state index in [4.69, 9.17) is 5.11 Å². The molecule has 0 amide bonds. The predicted molar refractivity (Wildman–Crippen MR) is 40.0 cm³/mol. The van der Waals surface area contributed by atoms with Crippen molar-refractivity contribution in [3.05, 3.63) is 11.6 Å². The van der Waals surface area contributed by atoms with E-state index in [0.29, 0.717) is 11.6 Å². The normalized spacial score (nSPS) is 9.62. The van der Waals surface area contributed by atoms with E-state index in [1.807, 2.05) is 0 Å². The summed E-state index contributed by atoms with van der Waals surface area (Å²) in [5.41, 5.74) is 0. The molecular weight excluding hydrogens is 176 g/mol. The third-order valence-corrected chi connectivity index (χ3v) is 1.17. The smallest absolute Gasteiger partial charge is 0.450 e. The lowest BCUT2D eigenvalue weighted by atomic mass is 10.4. The van der Waals surface area contributed by atoms with Crippen LogP contribution in [-0.2, 0) is 11.2 Å². The molecular formula is C6H8N4O3. The average molecular weight is 184 g/mol. The number of carbonyl (C=O) groups is 1. The predicted octanol–water partition coefficient (Wildman–Crippen LogP) is -0.188. The standard InChI is InChI=1S/C6H8N4O3/c1-4-7-9-5(10-8-4)2-3-13-6(11)12/h2-3H2,1H3,(H,11,12). The van der Waals surface area contributed by atoms with Gasteiger partial charge in [-0.2, -0.15) is 0 Å². The van der Waals surface area contributed by atoms with Crippen molar-refractivity contribution >= 4 is 6.16 Å². The molecule has 1 aromatic heterocycles. The molecule has 0 saturated heterocycles. The number of hydrogen-bond acceptors (Lipinski definition) is 6. The van der Waals surface area contributed by atoms with Crippen LogP contribution in [0.1, 0.15) is 11.6 Å². The molecule has 1 aromatic rings. The number of rotatable bonds is 3. The number of carboxylic acid groups (broad SMARTS) is 1. The van der Waals surface area contributed by atoms with Gasteiger partial charge in [-0.05, 0) is 6.92 Å². The average Bonchev–Trinajstić information content (AvgIpc) is 2.08. The fourth-order valence-corrected chi connectivity index (χ4v) is 0.630. The third kappa shape index (κ3) is 3.41. The second-order valence-corrected chi connectivity index (χ2v) is 2.23. The van der Waals surface area contributed by atoms with Crippen LogP contribution in [0.5, 0.6) is 0 Å². The second-order valence-electron chi connectivity index (χ2n) is 2.23. The van der Waals surface area contributed by atoms with Gasteiger partial charge in [-0.1, -0.05) is 0 Å². The van der Waals surface area contributed by atoms with Crippen LogP contribution in [-0.4, -0.2) is 38.3 Å². The molecule has 0 aliphatic rings. The summed E-state index contributed by atoms with van der Waals surface area (Å²) in [5, 5.41) is 22.8. The minimum atomic E-state index is -1.31. The maximum atomic E-state index is 9.95. The molecule has 7 heteroatoms. The van der Waals surface area contributed by atoms with Crippen LogP contribution < -0.4 is 0 Å². The van der Waals surface area contributed by atoms with E-state index in [2.05, 4.69) is 25.1 Å². The van der Waals surface area contributed by atoms with Gasteiger partial charge in [0.15, 0.2) is 11.6 Å². The fourth-order valence-electron chi connectivity index (χ4n) is 0.630. The number of ether oxygens (including phenoxy) is 1. The van der Waals surface area contributed by atoms with Gasteiger partial charge < -0.3 is 9.84 Å². The Hall–Kier alpha value is -1.79. The Labute approximate surface area is 73.8 Å². The van der Waals surface area contributed by atoms with Crippen LogP contribution >= 0.6 is 0 Å². The fraction of sp³-hybridized carbons (Fsp3) is 0.500. The molecule has 7 nitrogen and oxygen atoms in total. The molecule has 1 rings (SSSR count). The SMILES string of the molecule is Cc1nnc(CCOC(=O)O)nn1. The first-order valence-corrected chi connectivity index (χ1v) is 3.57. The van der Waals surface area contributed by atoms with Gasteiger partial charge in [0.25, 0.3) is 0 Å². The molecule has 70 valence electrons. The van der Waals surface area contributed by atoms with Gasteiger partial charge in [0.05, 0.1) is 0 Å². The minimum absolute atomic E-state index is 0.0156. The summed E-state index contributed by atoms with van der Waals surface area (Å²) in [6, 6.07) is 0. The lowest BCUT2D eigenvalue weighted by Crippen LogP contribution is -2.09. The van der Waals surface area contributed by atoms with E-state index in [-0.39, 0.29) is 13.0 Å². The van der Waals surface area contributed by atoms with Crippen molar-refractivity contribution in [2.45, 2.75) is 13.3 Å². The molecule has 13 heavy (non-hydrogen) atoms. The highest BCUT2D eigenvalue weighted by Crippen LogP contribution is 1.88. The van der Waals surface area contributed by atoms with Crippen LogP contribution in [0.15, 0.2) is 0 Å². The molecule has 1 N–H and O–H groups in total. The Morgan fingerprint density at radius 1 is 1.38 bits per heavy atom. The zero-order chi connectivity index (χ0) is 9.68. The van der Waals surface area contributed by atoms with E-state index in [1.54, 1.807) is 6.92 Å². The molecule has 0 unspecified atom stereocenters. The van der Waals surface area contributed by atoms with Crippen LogP contribution in [0, 0.1) is 6.92 Å². The first-order valence-electron chi connectivity index (χ1n) is 3.57. The lowest BCUT2D eigenvalue weighted by Gasteiger charge is -1.97. The summed E-state index contributed by atoms with van der Waals surface area (Å²) in [6.45, 7) is 1.68. The van der Waals surface area contributed by atoms with Crippen molar-refractivity contribution in [1.82, 2.24) is 20.4 Å². The van der Waals surface area contributed by atoms with E-state index in [0.717, 1.165) is 0 Å². The first-order chi connectivity index (χ1) is 6.18. The molecule has 0 radical (unpaired) electrons. The molecule has 1 heterocycles. The van der Waals surface area contributed by atoms with Gasteiger partial charge >= 0.3 is 6.16 Å². The molecule has 0 fully saturated rings. The zero-order valence-electron chi connectivity index (χ0n) is 6.97. The van der Waals surface area contributed by atoms with Crippen molar-refractivity contribution in [2.75, 3.05) is 6.61 Å². The summed E-state index contributed by atoms with van der Waals surface area (Å²) >= 11 is 0. The Balaban J connectivity index is 2.37. The highest BCUT2D eigenvalue weighted by atomic mass is 16.7. The van der Waals surface area contributed by atoms with Gasteiger partial charge in [-0.3, -0.25) is 0 Å². The zero-order valence-corrected chi connectivity index (χ0v) is 6.97. The summed E-state index contributed by atoms with van der Waals surface area (Å²) in [6.07, 6.45) is -1.03. The van der Waals surface area contributed by atoms with Crippen LogP contribution in [0.2, 0.25) is 0 Å².